The molecule has 0 aliphatic rings. The summed E-state index contributed by atoms with van der Waals surface area (Å²) in [5.41, 5.74) is 3.56. The summed E-state index contributed by atoms with van der Waals surface area (Å²) >= 11 is 0. The Morgan fingerprint density at radius 3 is 2.70 bits per heavy atom. The van der Waals surface area contributed by atoms with Crippen LogP contribution >= 0.6 is 0 Å². The summed E-state index contributed by atoms with van der Waals surface area (Å²) < 4.78 is 3.96. The first-order chi connectivity index (χ1) is 9.54. The Bertz CT molecular complexity index is 566. The molecule has 2 aromatic heterocycles. The Balaban J connectivity index is 2.23. The smallest absolute Gasteiger partial charge is 0.148 e. The van der Waals surface area contributed by atoms with Crippen LogP contribution < -0.4 is 5.32 Å². The number of hydrogen-bond donors (Lipinski definition) is 1. The van der Waals surface area contributed by atoms with Gasteiger partial charge in [-0.3, -0.25) is 4.68 Å². The van der Waals surface area contributed by atoms with Crippen LogP contribution in [0, 0.1) is 13.8 Å². The lowest BCUT2D eigenvalue weighted by molar-refractivity contribution is 0.485. The minimum absolute atomic E-state index is 0.311. The fraction of sp³-hybridized carbons (Fsp3) is 0.643. The molecule has 0 saturated heterocycles. The van der Waals surface area contributed by atoms with Crippen molar-refractivity contribution in [1.29, 1.82) is 0 Å². The lowest BCUT2D eigenvalue weighted by Gasteiger charge is -2.10. The number of rotatable bonds is 6. The SMILES string of the molecule is CCNCc1c(C)nn(Cc2ncnn2C(C)C)c1C. The van der Waals surface area contributed by atoms with Crippen LogP contribution in [0.25, 0.3) is 0 Å². The van der Waals surface area contributed by atoms with Crippen molar-refractivity contribution in [3.63, 3.8) is 0 Å². The van der Waals surface area contributed by atoms with E-state index in [0.29, 0.717) is 12.6 Å². The lowest BCUT2D eigenvalue weighted by Crippen LogP contribution is -2.15. The molecular formula is C14H24N6. The molecule has 2 rings (SSSR count). The van der Waals surface area contributed by atoms with Gasteiger partial charge in [0.2, 0.25) is 0 Å². The maximum atomic E-state index is 4.63. The number of aryl methyl sites for hydroxylation is 1. The topological polar surface area (TPSA) is 60.6 Å². The first-order valence-electron chi connectivity index (χ1n) is 7.16. The van der Waals surface area contributed by atoms with Gasteiger partial charge in [0.05, 0.1) is 5.69 Å². The number of hydrogen-bond acceptors (Lipinski definition) is 4. The molecule has 0 atom stereocenters. The maximum absolute atomic E-state index is 4.63. The molecule has 6 nitrogen and oxygen atoms in total. The van der Waals surface area contributed by atoms with Crippen molar-refractivity contribution >= 4 is 0 Å². The fourth-order valence-corrected chi connectivity index (χ4v) is 2.35. The van der Waals surface area contributed by atoms with Crippen LogP contribution in [0.5, 0.6) is 0 Å². The molecule has 0 aliphatic carbocycles. The third kappa shape index (κ3) is 2.90. The molecule has 0 radical (unpaired) electrons. The van der Waals surface area contributed by atoms with E-state index in [0.717, 1.165) is 24.6 Å². The Labute approximate surface area is 120 Å². The molecule has 6 heteroatoms. The highest BCUT2D eigenvalue weighted by Crippen LogP contribution is 2.15. The average Bonchev–Trinajstić information content (AvgIpc) is 2.95. The largest absolute Gasteiger partial charge is 0.313 e. The van der Waals surface area contributed by atoms with E-state index >= 15 is 0 Å². The van der Waals surface area contributed by atoms with Gasteiger partial charge in [-0.05, 0) is 34.2 Å². The Morgan fingerprint density at radius 1 is 1.30 bits per heavy atom. The van der Waals surface area contributed by atoms with Crippen LogP contribution in [0.2, 0.25) is 0 Å². The highest BCUT2D eigenvalue weighted by Gasteiger charge is 2.14. The van der Waals surface area contributed by atoms with E-state index in [9.17, 15) is 0 Å². The molecule has 2 aromatic rings. The minimum Gasteiger partial charge on any atom is -0.313 e. The van der Waals surface area contributed by atoms with E-state index < -0.39 is 0 Å². The summed E-state index contributed by atoms with van der Waals surface area (Å²) in [5, 5.41) is 12.3. The fourth-order valence-electron chi connectivity index (χ4n) is 2.35. The average molecular weight is 276 g/mol. The molecule has 2 heterocycles. The van der Waals surface area contributed by atoms with Gasteiger partial charge < -0.3 is 5.32 Å². The van der Waals surface area contributed by atoms with Crippen molar-refractivity contribution in [2.45, 2.75) is 53.8 Å². The molecule has 0 spiro atoms. The zero-order chi connectivity index (χ0) is 14.7. The molecule has 20 heavy (non-hydrogen) atoms. The quantitative estimate of drug-likeness (QED) is 0.874. The van der Waals surface area contributed by atoms with Crippen molar-refractivity contribution in [2.75, 3.05) is 6.54 Å². The van der Waals surface area contributed by atoms with Gasteiger partial charge in [-0.1, -0.05) is 6.92 Å². The van der Waals surface area contributed by atoms with E-state index in [2.05, 4.69) is 55.1 Å². The highest BCUT2D eigenvalue weighted by molar-refractivity contribution is 5.24. The van der Waals surface area contributed by atoms with Crippen LogP contribution in [0.4, 0.5) is 0 Å². The third-order valence-corrected chi connectivity index (χ3v) is 3.51. The van der Waals surface area contributed by atoms with Crippen LogP contribution in [0.15, 0.2) is 6.33 Å². The van der Waals surface area contributed by atoms with Crippen LogP contribution in [-0.2, 0) is 13.1 Å². The standard InChI is InChI=1S/C14H24N6/c1-6-15-7-13-11(4)18-19(12(13)5)8-14-16-9-17-20(14)10(2)3/h9-10,15H,6-8H2,1-5H3. The molecule has 0 aromatic carbocycles. The normalized spacial score (nSPS) is 11.5. The molecular weight excluding hydrogens is 252 g/mol. The second-order valence-electron chi connectivity index (χ2n) is 5.30. The van der Waals surface area contributed by atoms with Crippen molar-refractivity contribution in [2.24, 2.45) is 0 Å². The van der Waals surface area contributed by atoms with Crippen molar-refractivity contribution in [1.82, 2.24) is 29.9 Å². The van der Waals surface area contributed by atoms with E-state index in [4.69, 9.17) is 0 Å². The monoisotopic (exact) mass is 276 g/mol. The van der Waals surface area contributed by atoms with E-state index in [1.165, 1.54) is 11.3 Å². The second-order valence-corrected chi connectivity index (χ2v) is 5.30. The van der Waals surface area contributed by atoms with Gasteiger partial charge in [-0.15, -0.1) is 0 Å². The predicted octanol–water partition coefficient (Wildman–Crippen LogP) is 1.83. The zero-order valence-corrected chi connectivity index (χ0v) is 13.0. The Kier molecular flexibility index (Phi) is 4.54. The van der Waals surface area contributed by atoms with Gasteiger partial charge in [-0.2, -0.15) is 10.2 Å². The molecule has 0 amide bonds. The van der Waals surface area contributed by atoms with Gasteiger partial charge in [0.1, 0.15) is 18.7 Å². The summed E-state index contributed by atoms with van der Waals surface area (Å²) in [6, 6.07) is 0.311. The van der Waals surface area contributed by atoms with Crippen molar-refractivity contribution in [3.05, 3.63) is 29.1 Å². The first-order valence-corrected chi connectivity index (χ1v) is 7.16. The minimum atomic E-state index is 0.311. The van der Waals surface area contributed by atoms with E-state index in [-0.39, 0.29) is 0 Å². The van der Waals surface area contributed by atoms with Crippen LogP contribution in [-0.4, -0.2) is 31.1 Å². The summed E-state index contributed by atoms with van der Waals surface area (Å²) in [6.45, 7) is 13.0. The molecule has 110 valence electrons. The summed E-state index contributed by atoms with van der Waals surface area (Å²) in [4.78, 5) is 4.35. The zero-order valence-electron chi connectivity index (χ0n) is 13.0. The van der Waals surface area contributed by atoms with Crippen molar-refractivity contribution < 1.29 is 0 Å². The summed E-state index contributed by atoms with van der Waals surface area (Å²) in [6.07, 6.45) is 1.61. The van der Waals surface area contributed by atoms with E-state index in [1.807, 2.05) is 9.36 Å². The first kappa shape index (κ1) is 14.7. The van der Waals surface area contributed by atoms with Crippen molar-refractivity contribution in [3.8, 4) is 0 Å². The number of aromatic nitrogens is 5. The van der Waals surface area contributed by atoms with Crippen LogP contribution in [0.1, 0.15) is 49.6 Å². The third-order valence-electron chi connectivity index (χ3n) is 3.51. The lowest BCUT2D eigenvalue weighted by atomic mass is 10.2. The Hall–Kier alpha value is -1.69. The van der Waals surface area contributed by atoms with Gasteiger partial charge in [-0.25, -0.2) is 9.67 Å². The molecule has 0 unspecified atom stereocenters. The van der Waals surface area contributed by atoms with Crippen LogP contribution in [0.3, 0.4) is 0 Å². The van der Waals surface area contributed by atoms with Gasteiger partial charge in [0.15, 0.2) is 0 Å². The van der Waals surface area contributed by atoms with Gasteiger partial charge >= 0.3 is 0 Å². The highest BCUT2D eigenvalue weighted by atomic mass is 15.4. The Morgan fingerprint density at radius 2 is 2.05 bits per heavy atom. The molecule has 0 saturated carbocycles. The molecule has 0 aliphatic heterocycles. The molecule has 0 fully saturated rings. The summed E-state index contributed by atoms with van der Waals surface area (Å²) in [5.74, 6) is 0.945. The second kappa shape index (κ2) is 6.17. The molecule has 0 bridgehead atoms. The van der Waals surface area contributed by atoms with Gasteiger partial charge in [0, 0.05) is 23.8 Å². The maximum Gasteiger partial charge on any atom is 0.148 e. The van der Waals surface area contributed by atoms with Gasteiger partial charge in [0.25, 0.3) is 0 Å². The number of nitrogens with zero attached hydrogens (tertiary/aromatic N) is 5. The number of nitrogens with one attached hydrogen (secondary N) is 1. The predicted molar refractivity (Wildman–Crippen MR) is 78.6 cm³/mol. The van der Waals surface area contributed by atoms with E-state index in [1.54, 1.807) is 6.33 Å². The molecule has 1 N–H and O–H groups in total. The summed E-state index contributed by atoms with van der Waals surface area (Å²) in [7, 11) is 0.